The SMILES string of the molecule is CCCCCC(c1ccc(C#N)c(C)c1)N1CCN(CCOc2cccc(-c3cccnc3)c2)CC1. The van der Waals surface area contributed by atoms with E-state index in [2.05, 4.69) is 65.0 Å². The van der Waals surface area contributed by atoms with E-state index in [0.29, 0.717) is 12.6 Å². The molecule has 3 aromatic rings. The Hall–Kier alpha value is -3.20. The van der Waals surface area contributed by atoms with Crippen LogP contribution in [0.2, 0.25) is 0 Å². The first kappa shape index (κ1) is 25.9. The molecule has 0 saturated carbocycles. The summed E-state index contributed by atoms with van der Waals surface area (Å²) in [5.41, 5.74) is 5.44. The van der Waals surface area contributed by atoms with Gasteiger partial charge in [0.1, 0.15) is 12.4 Å². The molecule has 5 nitrogen and oxygen atoms in total. The van der Waals surface area contributed by atoms with Crippen LogP contribution in [0.3, 0.4) is 0 Å². The Morgan fingerprint density at radius 3 is 2.56 bits per heavy atom. The summed E-state index contributed by atoms with van der Waals surface area (Å²) in [5.74, 6) is 0.905. The number of rotatable bonds is 11. The van der Waals surface area contributed by atoms with E-state index in [-0.39, 0.29) is 0 Å². The predicted octanol–water partition coefficient (Wildman–Crippen LogP) is 6.25. The molecule has 0 spiro atoms. The number of ether oxygens (including phenoxy) is 1. The third kappa shape index (κ3) is 6.94. The number of nitriles is 1. The van der Waals surface area contributed by atoms with E-state index in [9.17, 15) is 5.26 Å². The van der Waals surface area contributed by atoms with E-state index in [1.807, 2.05) is 30.5 Å². The van der Waals surface area contributed by atoms with Crippen LogP contribution in [0, 0.1) is 18.3 Å². The molecule has 0 amide bonds. The normalized spacial score (nSPS) is 15.4. The lowest BCUT2D eigenvalue weighted by Gasteiger charge is -2.39. The van der Waals surface area contributed by atoms with Crippen LogP contribution in [0.15, 0.2) is 67.0 Å². The zero-order chi connectivity index (χ0) is 25.2. The molecule has 0 radical (unpaired) electrons. The fourth-order valence-electron chi connectivity index (χ4n) is 5.06. The van der Waals surface area contributed by atoms with E-state index in [1.165, 1.54) is 31.2 Å². The van der Waals surface area contributed by atoms with Crippen LogP contribution in [0.4, 0.5) is 0 Å². The molecular formula is C31H38N4O. The highest BCUT2D eigenvalue weighted by molar-refractivity contribution is 5.63. The van der Waals surface area contributed by atoms with Gasteiger partial charge in [-0.25, -0.2) is 0 Å². The van der Waals surface area contributed by atoms with Crippen molar-refractivity contribution in [2.45, 2.75) is 45.6 Å². The van der Waals surface area contributed by atoms with Gasteiger partial charge in [0.05, 0.1) is 11.6 Å². The Morgan fingerprint density at radius 1 is 1.00 bits per heavy atom. The molecule has 0 aliphatic carbocycles. The first-order valence-electron chi connectivity index (χ1n) is 13.3. The number of piperazine rings is 1. The van der Waals surface area contributed by atoms with Crippen LogP contribution < -0.4 is 4.74 Å². The maximum absolute atomic E-state index is 9.33. The maximum atomic E-state index is 9.33. The van der Waals surface area contributed by atoms with Gasteiger partial charge in [0.15, 0.2) is 0 Å². The summed E-state index contributed by atoms with van der Waals surface area (Å²) in [5, 5.41) is 9.33. The van der Waals surface area contributed by atoms with Crippen LogP contribution in [-0.2, 0) is 0 Å². The van der Waals surface area contributed by atoms with E-state index in [4.69, 9.17) is 4.74 Å². The van der Waals surface area contributed by atoms with Crippen molar-refractivity contribution >= 4 is 0 Å². The Kier molecular flexibility index (Phi) is 9.49. The van der Waals surface area contributed by atoms with Gasteiger partial charge >= 0.3 is 0 Å². The highest BCUT2D eigenvalue weighted by Gasteiger charge is 2.25. The summed E-state index contributed by atoms with van der Waals surface area (Å²) in [6, 6.07) is 21.4. The molecule has 36 heavy (non-hydrogen) atoms. The molecule has 5 heteroatoms. The van der Waals surface area contributed by atoms with E-state index in [0.717, 1.165) is 60.7 Å². The summed E-state index contributed by atoms with van der Waals surface area (Å²) in [4.78, 5) is 9.37. The molecule has 2 aromatic carbocycles. The summed E-state index contributed by atoms with van der Waals surface area (Å²) in [6.45, 7) is 10.2. The second-order valence-corrected chi connectivity index (χ2v) is 9.69. The molecule has 0 bridgehead atoms. The van der Waals surface area contributed by atoms with Crippen molar-refractivity contribution in [3.05, 3.63) is 83.7 Å². The van der Waals surface area contributed by atoms with Crippen molar-refractivity contribution in [1.82, 2.24) is 14.8 Å². The molecule has 0 N–H and O–H groups in total. The van der Waals surface area contributed by atoms with Gasteiger partial charge in [0, 0.05) is 56.7 Å². The number of hydrogen-bond donors (Lipinski definition) is 0. The largest absolute Gasteiger partial charge is 0.492 e. The molecule has 4 rings (SSSR count). The van der Waals surface area contributed by atoms with Crippen molar-refractivity contribution in [3.63, 3.8) is 0 Å². The molecular weight excluding hydrogens is 444 g/mol. The molecule has 1 unspecified atom stereocenters. The minimum Gasteiger partial charge on any atom is -0.492 e. The van der Waals surface area contributed by atoms with Gasteiger partial charge < -0.3 is 4.74 Å². The third-order valence-corrected chi connectivity index (χ3v) is 7.19. The second kappa shape index (κ2) is 13.2. The minimum atomic E-state index is 0.427. The van der Waals surface area contributed by atoms with E-state index >= 15 is 0 Å². The number of aromatic nitrogens is 1. The van der Waals surface area contributed by atoms with Crippen LogP contribution in [-0.4, -0.2) is 54.1 Å². The number of aryl methyl sites for hydroxylation is 1. The predicted molar refractivity (Wildman–Crippen MR) is 146 cm³/mol. The third-order valence-electron chi connectivity index (χ3n) is 7.19. The van der Waals surface area contributed by atoms with Crippen molar-refractivity contribution in [2.75, 3.05) is 39.3 Å². The van der Waals surface area contributed by atoms with Crippen LogP contribution >= 0.6 is 0 Å². The Bertz CT molecular complexity index is 1130. The van der Waals surface area contributed by atoms with Gasteiger partial charge in [-0.3, -0.25) is 14.8 Å². The number of hydrogen-bond acceptors (Lipinski definition) is 5. The van der Waals surface area contributed by atoms with Crippen molar-refractivity contribution in [2.24, 2.45) is 0 Å². The zero-order valence-corrected chi connectivity index (χ0v) is 21.7. The van der Waals surface area contributed by atoms with Gasteiger partial charge in [0.2, 0.25) is 0 Å². The number of benzene rings is 2. The lowest BCUT2D eigenvalue weighted by Crippen LogP contribution is -2.48. The molecule has 188 valence electrons. The molecule has 1 aliphatic rings. The average molecular weight is 483 g/mol. The molecule has 1 fully saturated rings. The zero-order valence-electron chi connectivity index (χ0n) is 21.7. The Labute approximate surface area is 216 Å². The van der Waals surface area contributed by atoms with Crippen LogP contribution in [0.25, 0.3) is 11.1 Å². The quantitative estimate of drug-likeness (QED) is 0.303. The molecule has 1 saturated heterocycles. The van der Waals surface area contributed by atoms with Crippen LogP contribution in [0.1, 0.15) is 55.3 Å². The highest BCUT2D eigenvalue weighted by Crippen LogP contribution is 2.29. The molecule has 1 atom stereocenters. The van der Waals surface area contributed by atoms with Crippen molar-refractivity contribution in [3.8, 4) is 22.9 Å². The fourth-order valence-corrected chi connectivity index (χ4v) is 5.06. The number of unbranched alkanes of at least 4 members (excludes halogenated alkanes) is 2. The smallest absolute Gasteiger partial charge is 0.119 e. The summed E-state index contributed by atoms with van der Waals surface area (Å²) in [6.07, 6.45) is 8.60. The van der Waals surface area contributed by atoms with Gasteiger partial charge in [-0.2, -0.15) is 5.26 Å². The van der Waals surface area contributed by atoms with Crippen molar-refractivity contribution < 1.29 is 4.74 Å². The van der Waals surface area contributed by atoms with Gasteiger partial charge in [0.25, 0.3) is 0 Å². The minimum absolute atomic E-state index is 0.427. The lowest BCUT2D eigenvalue weighted by atomic mass is 9.95. The monoisotopic (exact) mass is 482 g/mol. The maximum Gasteiger partial charge on any atom is 0.119 e. The molecule has 1 aromatic heterocycles. The van der Waals surface area contributed by atoms with Crippen molar-refractivity contribution in [1.29, 1.82) is 5.26 Å². The average Bonchev–Trinajstić information content (AvgIpc) is 2.92. The topological polar surface area (TPSA) is 52.4 Å². The highest BCUT2D eigenvalue weighted by atomic mass is 16.5. The first-order valence-corrected chi connectivity index (χ1v) is 13.3. The molecule has 1 aliphatic heterocycles. The Morgan fingerprint density at radius 2 is 1.83 bits per heavy atom. The van der Waals surface area contributed by atoms with E-state index < -0.39 is 0 Å². The summed E-state index contributed by atoms with van der Waals surface area (Å²) >= 11 is 0. The Balaban J connectivity index is 1.29. The molecule has 2 heterocycles. The summed E-state index contributed by atoms with van der Waals surface area (Å²) in [7, 11) is 0. The number of pyridine rings is 1. The second-order valence-electron chi connectivity index (χ2n) is 9.69. The van der Waals surface area contributed by atoms with E-state index in [1.54, 1.807) is 6.20 Å². The standard InChI is InChI=1S/C31H38N4O/c1-3-4-5-11-31(27-12-13-28(23-32)25(2)21-27)35-17-15-34(16-18-35)19-20-36-30-10-6-8-26(22-30)29-9-7-14-33-24-29/h6-10,12-14,21-22,24,31H,3-5,11,15-20H2,1-2H3. The lowest BCUT2D eigenvalue weighted by molar-refractivity contribution is 0.0817. The fraction of sp³-hybridized carbons (Fsp3) is 0.419. The van der Waals surface area contributed by atoms with Crippen LogP contribution in [0.5, 0.6) is 5.75 Å². The first-order chi connectivity index (χ1) is 17.7. The van der Waals surface area contributed by atoms with Gasteiger partial charge in [-0.1, -0.05) is 56.5 Å². The summed E-state index contributed by atoms with van der Waals surface area (Å²) < 4.78 is 6.11. The van der Waals surface area contributed by atoms with Gasteiger partial charge in [-0.05, 0) is 54.3 Å². The number of nitrogens with zero attached hydrogens (tertiary/aromatic N) is 4. The van der Waals surface area contributed by atoms with Gasteiger partial charge in [-0.15, -0.1) is 0 Å².